The topological polar surface area (TPSA) is 117 Å². The van der Waals surface area contributed by atoms with Crippen LogP contribution in [-0.2, 0) is 27.3 Å². The standard InChI is InChI=1S/C36H41FN6O4/c1-4-34(45)39-31(36(47)42-19-17-41(3)18-20-42)22-24-13-14-30(29(37)21-24)40-35(46)28(23-33(44)32-15-16-38-43(32)5-2)27-12-8-10-25-9-6-7-11-26(25)27/h6-16,21,28,31H,4-5,17-20,22-23H2,1-3H3,(H,39,45)(H,40,46)/t28-,31+/m0/s1. The number of anilines is 1. The molecule has 4 aromatic rings. The van der Waals surface area contributed by atoms with Gasteiger partial charge in [-0.25, -0.2) is 4.39 Å². The summed E-state index contributed by atoms with van der Waals surface area (Å²) in [7, 11) is 1.99. The highest BCUT2D eigenvalue weighted by molar-refractivity contribution is 6.04. The van der Waals surface area contributed by atoms with E-state index in [0.717, 1.165) is 23.9 Å². The first-order valence-electron chi connectivity index (χ1n) is 16.1. The molecule has 0 saturated carbocycles. The molecule has 3 amide bonds. The Balaban J connectivity index is 1.38. The van der Waals surface area contributed by atoms with Crippen molar-refractivity contribution < 1.29 is 23.6 Å². The number of hydrogen-bond donors (Lipinski definition) is 2. The molecule has 2 N–H and O–H groups in total. The van der Waals surface area contributed by atoms with Crippen molar-refractivity contribution in [3.05, 3.63) is 95.6 Å². The van der Waals surface area contributed by atoms with Crippen LogP contribution in [0.4, 0.5) is 10.1 Å². The van der Waals surface area contributed by atoms with Gasteiger partial charge in [0.2, 0.25) is 17.7 Å². The number of amides is 3. The van der Waals surface area contributed by atoms with Gasteiger partial charge in [0.25, 0.3) is 0 Å². The molecule has 2 heterocycles. The van der Waals surface area contributed by atoms with Crippen LogP contribution >= 0.6 is 0 Å². The molecule has 10 nitrogen and oxygen atoms in total. The highest BCUT2D eigenvalue weighted by atomic mass is 19.1. The number of nitrogens with zero attached hydrogens (tertiary/aromatic N) is 4. The van der Waals surface area contributed by atoms with E-state index in [2.05, 4.69) is 20.6 Å². The highest BCUT2D eigenvalue weighted by Gasteiger charge is 2.30. The molecule has 0 radical (unpaired) electrons. The average Bonchev–Trinajstić information content (AvgIpc) is 3.57. The number of carbonyl (C=O) groups excluding carboxylic acids is 4. The summed E-state index contributed by atoms with van der Waals surface area (Å²) in [6.07, 6.45) is 1.73. The fourth-order valence-electron chi connectivity index (χ4n) is 6.00. The lowest BCUT2D eigenvalue weighted by Gasteiger charge is -2.34. The quantitative estimate of drug-likeness (QED) is 0.222. The molecule has 47 heavy (non-hydrogen) atoms. The first-order chi connectivity index (χ1) is 22.7. The summed E-state index contributed by atoms with van der Waals surface area (Å²) in [4.78, 5) is 57.0. The smallest absolute Gasteiger partial charge is 0.245 e. The molecule has 11 heteroatoms. The van der Waals surface area contributed by atoms with Gasteiger partial charge >= 0.3 is 0 Å². The second-order valence-electron chi connectivity index (χ2n) is 11.9. The Bertz CT molecular complexity index is 1760. The number of Topliss-reactive ketones (excluding diaryl/α,β-unsaturated/α-hetero) is 1. The lowest BCUT2D eigenvalue weighted by atomic mass is 9.88. The minimum atomic E-state index is -0.914. The number of rotatable bonds is 12. The summed E-state index contributed by atoms with van der Waals surface area (Å²) in [6, 6.07) is 18.4. The first-order valence-corrected chi connectivity index (χ1v) is 16.1. The molecule has 3 aromatic carbocycles. The number of aromatic nitrogens is 2. The molecular formula is C36H41FN6O4. The lowest BCUT2D eigenvalue weighted by molar-refractivity contribution is -0.137. The summed E-state index contributed by atoms with van der Waals surface area (Å²) < 4.78 is 17.2. The predicted octanol–water partition coefficient (Wildman–Crippen LogP) is 4.40. The van der Waals surface area contributed by atoms with Crippen LogP contribution in [-0.4, -0.2) is 82.4 Å². The van der Waals surface area contributed by atoms with Gasteiger partial charge in [0, 0.05) is 58.2 Å². The van der Waals surface area contributed by atoms with Crippen LogP contribution < -0.4 is 10.6 Å². The Hall–Kier alpha value is -4.90. The number of carbonyl (C=O) groups is 4. The lowest BCUT2D eigenvalue weighted by Crippen LogP contribution is -2.54. The molecule has 246 valence electrons. The summed E-state index contributed by atoms with van der Waals surface area (Å²) >= 11 is 0. The number of benzene rings is 3. The van der Waals surface area contributed by atoms with Gasteiger partial charge in [0.15, 0.2) is 5.78 Å². The number of nitrogens with one attached hydrogen (secondary N) is 2. The van der Waals surface area contributed by atoms with E-state index in [1.165, 1.54) is 12.1 Å². The molecule has 1 fully saturated rings. The fourth-order valence-corrected chi connectivity index (χ4v) is 6.00. The van der Waals surface area contributed by atoms with Crippen molar-refractivity contribution in [3.8, 4) is 0 Å². The SMILES string of the molecule is CCC(=O)N[C@H](Cc1ccc(NC(=O)[C@@H](CC(=O)c2ccnn2CC)c2cccc3ccccc23)c(F)c1)C(=O)N1CCN(C)CC1. The van der Waals surface area contributed by atoms with E-state index >= 15 is 4.39 Å². The van der Waals surface area contributed by atoms with Gasteiger partial charge < -0.3 is 20.4 Å². The maximum Gasteiger partial charge on any atom is 0.245 e. The largest absolute Gasteiger partial charge is 0.344 e. The Kier molecular flexibility index (Phi) is 10.8. The first kappa shape index (κ1) is 33.5. The van der Waals surface area contributed by atoms with E-state index in [9.17, 15) is 19.2 Å². The third-order valence-electron chi connectivity index (χ3n) is 8.71. The summed E-state index contributed by atoms with van der Waals surface area (Å²) in [5, 5.41) is 11.5. The zero-order chi connectivity index (χ0) is 33.5. The number of halogens is 1. The Morgan fingerprint density at radius 3 is 2.40 bits per heavy atom. The summed E-state index contributed by atoms with van der Waals surface area (Å²) in [5.41, 5.74) is 1.51. The highest BCUT2D eigenvalue weighted by Crippen LogP contribution is 2.31. The van der Waals surface area contributed by atoms with Crippen LogP contribution in [0.15, 0.2) is 72.9 Å². The summed E-state index contributed by atoms with van der Waals surface area (Å²) in [6.45, 7) is 6.66. The number of fused-ring (bicyclic) bond motifs is 1. The van der Waals surface area contributed by atoms with Gasteiger partial charge in [-0.15, -0.1) is 0 Å². The Morgan fingerprint density at radius 1 is 0.936 bits per heavy atom. The number of likely N-dealkylation sites (N-methyl/N-ethyl adjacent to an activating group) is 1. The van der Waals surface area contributed by atoms with E-state index in [-0.39, 0.29) is 42.5 Å². The Morgan fingerprint density at radius 2 is 1.68 bits per heavy atom. The van der Waals surface area contributed by atoms with Gasteiger partial charge in [-0.3, -0.25) is 23.9 Å². The van der Waals surface area contributed by atoms with Crippen LogP contribution in [0.1, 0.15) is 54.2 Å². The second kappa shape index (κ2) is 15.1. The van der Waals surface area contributed by atoms with Crippen molar-refractivity contribution in [3.63, 3.8) is 0 Å². The third-order valence-corrected chi connectivity index (χ3v) is 8.71. The van der Waals surface area contributed by atoms with E-state index in [1.807, 2.05) is 56.4 Å². The molecule has 5 rings (SSSR count). The van der Waals surface area contributed by atoms with Crippen molar-refractivity contribution in [2.75, 3.05) is 38.5 Å². The zero-order valence-electron chi connectivity index (χ0n) is 27.0. The molecule has 1 aliphatic rings. The van der Waals surface area contributed by atoms with Crippen molar-refractivity contribution in [1.29, 1.82) is 0 Å². The molecule has 0 aliphatic carbocycles. The van der Waals surface area contributed by atoms with Crippen LogP contribution in [0.25, 0.3) is 10.8 Å². The minimum Gasteiger partial charge on any atom is -0.344 e. The average molecular weight is 641 g/mol. The van der Waals surface area contributed by atoms with Crippen molar-refractivity contribution in [2.24, 2.45) is 0 Å². The monoisotopic (exact) mass is 640 g/mol. The molecule has 1 aromatic heterocycles. The molecule has 0 bridgehead atoms. The van der Waals surface area contributed by atoms with Crippen molar-refractivity contribution in [1.82, 2.24) is 24.9 Å². The molecule has 1 aliphatic heterocycles. The fraction of sp³-hybridized carbons (Fsp3) is 0.361. The second-order valence-corrected chi connectivity index (χ2v) is 11.9. The minimum absolute atomic E-state index is 0.0467. The number of hydrogen-bond acceptors (Lipinski definition) is 6. The zero-order valence-corrected chi connectivity index (χ0v) is 27.0. The maximum absolute atomic E-state index is 15.6. The van der Waals surface area contributed by atoms with Crippen LogP contribution in [0, 0.1) is 5.82 Å². The van der Waals surface area contributed by atoms with Gasteiger partial charge in [-0.05, 0) is 54.1 Å². The van der Waals surface area contributed by atoms with E-state index < -0.39 is 23.7 Å². The number of piperazine rings is 1. The van der Waals surface area contributed by atoms with Crippen molar-refractivity contribution >= 4 is 40.0 Å². The normalized spacial score (nSPS) is 14.9. The molecule has 0 spiro atoms. The van der Waals surface area contributed by atoms with E-state index in [4.69, 9.17) is 0 Å². The van der Waals surface area contributed by atoms with E-state index in [0.29, 0.717) is 36.5 Å². The van der Waals surface area contributed by atoms with Crippen LogP contribution in [0.3, 0.4) is 0 Å². The number of aryl methyl sites for hydroxylation is 1. The predicted molar refractivity (Wildman–Crippen MR) is 179 cm³/mol. The van der Waals surface area contributed by atoms with E-state index in [1.54, 1.807) is 34.8 Å². The molecule has 1 saturated heterocycles. The van der Waals surface area contributed by atoms with Gasteiger partial charge in [-0.2, -0.15) is 5.10 Å². The van der Waals surface area contributed by atoms with Gasteiger partial charge in [-0.1, -0.05) is 55.5 Å². The van der Waals surface area contributed by atoms with Crippen LogP contribution in [0.2, 0.25) is 0 Å². The molecule has 2 atom stereocenters. The third kappa shape index (κ3) is 7.91. The summed E-state index contributed by atoms with van der Waals surface area (Å²) in [5.74, 6) is -2.85. The Labute approximate surface area is 273 Å². The van der Waals surface area contributed by atoms with Crippen LogP contribution in [0.5, 0.6) is 0 Å². The van der Waals surface area contributed by atoms with Gasteiger partial charge in [0.05, 0.1) is 11.6 Å². The van der Waals surface area contributed by atoms with Gasteiger partial charge in [0.1, 0.15) is 17.6 Å². The molecule has 0 unspecified atom stereocenters. The maximum atomic E-state index is 15.6. The van der Waals surface area contributed by atoms with Crippen molar-refractivity contribution in [2.45, 2.75) is 51.6 Å². The number of ketones is 1. The molecular weight excluding hydrogens is 599 g/mol.